The number of hydrogen-bond donors (Lipinski definition) is 0. The van der Waals surface area contributed by atoms with Gasteiger partial charge in [-0.1, -0.05) is 30.3 Å². The maximum Gasteiger partial charge on any atom is 0.332 e. The molecule has 0 spiro atoms. The Kier molecular flexibility index (Phi) is 4.28. The van der Waals surface area contributed by atoms with Crippen LogP contribution in [0.2, 0.25) is 0 Å². The van der Waals surface area contributed by atoms with Crippen molar-refractivity contribution in [2.45, 2.75) is 33.6 Å². The van der Waals surface area contributed by atoms with Gasteiger partial charge >= 0.3 is 5.69 Å². The fourth-order valence-electron chi connectivity index (χ4n) is 5.39. The van der Waals surface area contributed by atoms with Crippen LogP contribution >= 0.6 is 0 Å². The molecule has 162 valence electrons. The summed E-state index contributed by atoms with van der Waals surface area (Å²) in [5.41, 5.74) is 6.97. The number of ketones is 1. The highest BCUT2D eigenvalue weighted by Gasteiger charge is 2.48. The van der Waals surface area contributed by atoms with Crippen LogP contribution in [0.3, 0.4) is 0 Å². The summed E-state index contributed by atoms with van der Waals surface area (Å²) in [7, 11) is 3.11. The van der Waals surface area contributed by atoms with Crippen LogP contribution in [0.5, 0.6) is 0 Å². The number of hydrogen-bond acceptors (Lipinski definition) is 4. The predicted molar refractivity (Wildman–Crippen MR) is 125 cm³/mol. The molecule has 0 saturated heterocycles. The van der Waals surface area contributed by atoms with Gasteiger partial charge in [0.15, 0.2) is 5.78 Å². The van der Waals surface area contributed by atoms with Crippen molar-refractivity contribution in [3.8, 4) is 0 Å². The Labute approximate surface area is 185 Å². The molecule has 2 heterocycles. The van der Waals surface area contributed by atoms with E-state index in [2.05, 4.69) is 6.07 Å². The molecule has 0 amide bonds. The van der Waals surface area contributed by atoms with Gasteiger partial charge < -0.3 is 0 Å². The molecule has 1 aliphatic heterocycles. The Balaban J connectivity index is 1.97. The molecule has 0 unspecified atom stereocenters. The Morgan fingerprint density at radius 1 is 0.781 bits per heavy atom. The van der Waals surface area contributed by atoms with Crippen molar-refractivity contribution in [2.75, 3.05) is 0 Å². The predicted octanol–water partition coefficient (Wildman–Crippen LogP) is 3.40. The van der Waals surface area contributed by atoms with E-state index >= 15 is 0 Å². The highest BCUT2D eigenvalue weighted by Crippen LogP contribution is 2.48. The zero-order chi connectivity index (χ0) is 23.1. The third-order valence-corrected chi connectivity index (χ3v) is 7.32. The van der Waals surface area contributed by atoms with Crippen LogP contribution < -0.4 is 11.2 Å². The number of fused-ring (bicyclic) bond motifs is 4. The molecule has 0 fully saturated rings. The van der Waals surface area contributed by atoms with E-state index in [-0.39, 0.29) is 5.78 Å². The molecule has 1 aliphatic carbocycles. The van der Waals surface area contributed by atoms with E-state index in [1.807, 2.05) is 52.0 Å². The Hall–Kier alpha value is -3.54. The zero-order valence-electron chi connectivity index (χ0n) is 19.1. The molecular formula is C26H25N3O3. The minimum atomic E-state index is -0.594. The van der Waals surface area contributed by atoms with Gasteiger partial charge in [0, 0.05) is 31.1 Å². The van der Waals surface area contributed by atoms with Crippen LogP contribution in [0.15, 0.2) is 44.9 Å². The molecule has 5 rings (SSSR count). The Bertz CT molecular complexity index is 1480. The van der Waals surface area contributed by atoms with Crippen molar-refractivity contribution < 1.29 is 4.79 Å². The van der Waals surface area contributed by atoms with Crippen LogP contribution in [-0.4, -0.2) is 20.6 Å². The molecule has 2 atom stereocenters. The summed E-state index contributed by atoms with van der Waals surface area (Å²) in [5, 5.41) is 0. The van der Waals surface area contributed by atoms with Crippen molar-refractivity contribution in [1.29, 1.82) is 0 Å². The number of Topliss-reactive ketones (excluding diaryl/α,β-unsaturated/α-hetero) is 1. The summed E-state index contributed by atoms with van der Waals surface area (Å²) in [6.07, 6.45) is 0. The van der Waals surface area contributed by atoms with Crippen molar-refractivity contribution in [2.24, 2.45) is 25.0 Å². The first-order valence-electron chi connectivity index (χ1n) is 10.7. The SMILES string of the molecule is Cc1cc(C)c(C)c([C@@H]2c3c(n(C)c(=O)n(C)c3=O)N=C3c4ccccc4C(=O)[C@@H]32)c1C. The molecule has 0 radical (unpaired) electrons. The van der Waals surface area contributed by atoms with Crippen molar-refractivity contribution in [3.63, 3.8) is 0 Å². The van der Waals surface area contributed by atoms with Gasteiger partial charge in [-0.25, -0.2) is 9.79 Å². The van der Waals surface area contributed by atoms with Gasteiger partial charge in [-0.05, 0) is 55.5 Å². The lowest BCUT2D eigenvalue weighted by Gasteiger charge is -2.32. The quantitative estimate of drug-likeness (QED) is 0.598. The highest BCUT2D eigenvalue weighted by atomic mass is 16.2. The number of benzene rings is 2. The number of nitrogens with zero attached hydrogens (tertiary/aromatic N) is 3. The fourth-order valence-corrected chi connectivity index (χ4v) is 5.39. The smallest absolute Gasteiger partial charge is 0.293 e. The van der Waals surface area contributed by atoms with Gasteiger partial charge in [-0.15, -0.1) is 0 Å². The van der Waals surface area contributed by atoms with Gasteiger partial charge in [0.2, 0.25) is 0 Å². The highest BCUT2D eigenvalue weighted by molar-refractivity contribution is 6.30. The third-order valence-electron chi connectivity index (χ3n) is 7.32. The van der Waals surface area contributed by atoms with Gasteiger partial charge in [-0.3, -0.25) is 18.7 Å². The first-order chi connectivity index (χ1) is 15.1. The number of rotatable bonds is 1. The monoisotopic (exact) mass is 427 g/mol. The van der Waals surface area contributed by atoms with Crippen molar-refractivity contribution in [1.82, 2.24) is 9.13 Å². The molecule has 32 heavy (non-hydrogen) atoms. The maximum atomic E-state index is 13.7. The van der Waals surface area contributed by atoms with Crippen LogP contribution in [0.4, 0.5) is 5.82 Å². The minimum absolute atomic E-state index is 0.0242. The van der Waals surface area contributed by atoms with E-state index in [0.29, 0.717) is 22.7 Å². The largest absolute Gasteiger partial charge is 0.332 e. The number of carbonyl (C=O) groups excluding carboxylic acids is 1. The summed E-state index contributed by atoms with van der Waals surface area (Å²) >= 11 is 0. The summed E-state index contributed by atoms with van der Waals surface area (Å²) in [6, 6.07) is 9.58. The molecule has 2 aromatic carbocycles. The van der Waals surface area contributed by atoms with E-state index in [1.165, 1.54) is 11.6 Å². The average molecular weight is 428 g/mol. The Morgan fingerprint density at radius 3 is 2.00 bits per heavy atom. The van der Waals surface area contributed by atoms with Gasteiger partial charge in [-0.2, -0.15) is 0 Å². The van der Waals surface area contributed by atoms with Crippen LogP contribution in [-0.2, 0) is 14.1 Å². The fraction of sp³-hybridized carbons (Fsp3) is 0.308. The molecule has 2 aliphatic rings. The summed E-state index contributed by atoms with van der Waals surface area (Å²) in [5.74, 6) is -0.786. The first-order valence-corrected chi connectivity index (χ1v) is 10.7. The standard InChI is InChI=1S/C26H25N3O3/c1-12-11-13(2)15(4)18(14(12)3)19-20-22(16-9-7-8-10-17(16)23(20)30)27-24-21(19)25(31)29(6)26(32)28(24)5/h7-11,19-20H,1-6H3/t19-,20+/m0/s1. The number of carbonyl (C=O) groups is 1. The number of aryl methyl sites for hydroxylation is 2. The lowest BCUT2D eigenvalue weighted by atomic mass is 9.72. The second-order valence-electron chi connectivity index (χ2n) is 8.98. The number of aromatic nitrogens is 2. The molecule has 6 heteroatoms. The summed E-state index contributed by atoms with van der Waals surface area (Å²) in [4.78, 5) is 44.7. The molecule has 0 N–H and O–H groups in total. The van der Waals surface area contributed by atoms with Crippen molar-refractivity contribution >= 4 is 17.3 Å². The molecule has 0 saturated carbocycles. The van der Waals surface area contributed by atoms with E-state index in [0.717, 1.165) is 37.9 Å². The third kappa shape index (κ3) is 2.46. The average Bonchev–Trinajstić information content (AvgIpc) is 3.06. The van der Waals surface area contributed by atoms with E-state index in [9.17, 15) is 14.4 Å². The summed E-state index contributed by atoms with van der Waals surface area (Å²) < 4.78 is 2.54. The van der Waals surface area contributed by atoms with Crippen LogP contribution in [0.1, 0.15) is 55.2 Å². The molecule has 1 aromatic heterocycles. The number of aliphatic imine (C=N–C) groups is 1. The van der Waals surface area contributed by atoms with E-state index in [1.54, 1.807) is 7.05 Å². The van der Waals surface area contributed by atoms with Crippen molar-refractivity contribution in [3.05, 3.63) is 95.7 Å². The lowest BCUT2D eigenvalue weighted by molar-refractivity contribution is 0.0953. The second kappa shape index (κ2) is 6.73. The molecule has 6 nitrogen and oxygen atoms in total. The molecule has 0 bridgehead atoms. The van der Waals surface area contributed by atoms with Gasteiger partial charge in [0.25, 0.3) is 5.56 Å². The van der Waals surface area contributed by atoms with Gasteiger partial charge in [0.05, 0.1) is 17.2 Å². The topological polar surface area (TPSA) is 73.4 Å². The Morgan fingerprint density at radius 2 is 1.38 bits per heavy atom. The first kappa shape index (κ1) is 20.4. The molecular weight excluding hydrogens is 402 g/mol. The minimum Gasteiger partial charge on any atom is -0.293 e. The van der Waals surface area contributed by atoms with Crippen LogP contribution in [0.25, 0.3) is 0 Å². The maximum absolute atomic E-state index is 13.7. The zero-order valence-corrected chi connectivity index (χ0v) is 19.1. The molecule has 3 aromatic rings. The normalized spacial score (nSPS) is 18.8. The second-order valence-corrected chi connectivity index (χ2v) is 8.98. The summed E-state index contributed by atoms with van der Waals surface area (Å²) in [6.45, 7) is 8.19. The van der Waals surface area contributed by atoms with Crippen LogP contribution in [0, 0.1) is 33.6 Å². The van der Waals surface area contributed by atoms with Gasteiger partial charge in [0.1, 0.15) is 5.82 Å². The van der Waals surface area contributed by atoms with E-state index in [4.69, 9.17) is 4.99 Å². The lowest BCUT2D eigenvalue weighted by Crippen LogP contribution is -2.43. The van der Waals surface area contributed by atoms with E-state index < -0.39 is 23.1 Å².